The number of unbranched alkanes of at least 4 members (excludes halogenated alkanes) is 1. The maximum absolute atomic E-state index is 12.8. The maximum atomic E-state index is 12.8. The number of aliphatic hydroxyl groups is 3. The molecular formula is C30H48N4O12. The fraction of sp³-hybridized carbons (Fsp3) is 0.633. The molecule has 4 unspecified atom stereocenters. The molecule has 1 saturated heterocycles. The number of amides is 3. The van der Waals surface area contributed by atoms with Crippen LogP contribution >= 0.6 is 0 Å². The maximum Gasteiger partial charge on any atom is 0.335 e. The second-order valence-electron chi connectivity index (χ2n) is 11.6. The van der Waals surface area contributed by atoms with Crippen molar-refractivity contribution in [2.75, 3.05) is 11.9 Å². The number of aliphatic carboxylic acids is 1. The highest BCUT2D eigenvalue weighted by molar-refractivity contribution is 5.93. The number of hydrogen-bond acceptors (Lipinski definition) is 12. The Bertz CT molecular complexity index is 1160. The Hall–Kier alpha value is -3.83. The fourth-order valence-corrected chi connectivity index (χ4v) is 4.25. The predicted octanol–water partition coefficient (Wildman–Crippen LogP) is -0.109. The first-order chi connectivity index (χ1) is 21.6. The summed E-state index contributed by atoms with van der Waals surface area (Å²) >= 11 is 0. The molecular weight excluding hydrogens is 608 g/mol. The van der Waals surface area contributed by atoms with Crippen LogP contribution in [0.15, 0.2) is 18.2 Å². The first kappa shape index (κ1) is 40.2. The lowest BCUT2D eigenvalue weighted by molar-refractivity contribution is -0.271. The van der Waals surface area contributed by atoms with Crippen molar-refractivity contribution in [2.45, 2.75) is 110 Å². The Morgan fingerprint density at radius 3 is 2.35 bits per heavy atom. The summed E-state index contributed by atoms with van der Waals surface area (Å²) in [4.78, 5) is 56.4. The van der Waals surface area contributed by atoms with Crippen molar-refractivity contribution in [1.29, 1.82) is 0 Å². The van der Waals surface area contributed by atoms with E-state index >= 15 is 0 Å². The van der Waals surface area contributed by atoms with Crippen LogP contribution in [0.4, 0.5) is 5.69 Å². The second-order valence-corrected chi connectivity index (χ2v) is 11.6. The van der Waals surface area contributed by atoms with Crippen molar-refractivity contribution in [3.8, 4) is 5.75 Å². The first-order valence-corrected chi connectivity index (χ1v) is 14.9. The van der Waals surface area contributed by atoms with Gasteiger partial charge in [-0.15, -0.1) is 0 Å². The van der Waals surface area contributed by atoms with Gasteiger partial charge in [-0.1, -0.05) is 46.1 Å². The summed E-state index contributed by atoms with van der Waals surface area (Å²) in [6.07, 6.45) is -4.70. The number of esters is 1. The van der Waals surface area contributed by atoms with Crippen molar-refractivity contribution in [2.24, 2.45) is 16.9 Å². The summed E-state index contributed by atoms with van der Waals surface area (Å²) in [6.45, 7) is 7.65. The minimum absolute atomic E-state index is 0.000611. The van der Waals surface area contributed by atoms with Gasteiger partial charge in [-0.2, -0.15) is 0 Å². The molecule has 0 aromatic heterocycles. The Balaban J connectivity index is 0.00000338. The number of nitrogens with two attached hydrogens (primary N) is 2. The average molecular weight is 657 g/mol. The molecule has 3 amide bonds. The molecule has 1 fully saturated rings. The van der Waals surface area contributed by atoms with Crippen LogP contribution in [0.25, 0.3) is 0 Å². The number of carboxylic acid groups (broad SMARTS) is 1. The zero-order chi connectivity index (χ0) is 35.0. The third-order valence-corrected chi connectivity index (χ3v) is 7.38. The number of benzene rings is 1. The lowest BCUT2D eigenvalue weighted by atomic mass is 9.84. The van der Waals surface area contributed by atoms with Gasteiger partial charge >= 0.3 is 11.9 Å². The number of anilines is 1. The Morgan fingerprint density at radius 2 is 1.76 bits per heavy atom. The van der Waals surface area contributed by atoms with E-state index in [9.17, 15) is 39.6 Å². The smallest absolute Gasteiger partial charge is 0.335 e. The van der Waals surface area contributed by atoms with Crippen LogP contribution in [-0.4, -0.2) is 93.9 Å². The van der Waals surface area contributed by atoms with Gasteiger partial charge in [0.2, 0.25) is 24.5 Å². The van der Waals surface area contributed by atoms with Crippen LogP contribution in [0, 0.1) is 5.41 Å². The minimum atomic E-state index is -1.91. The van der Waals surface area contributed by atoms with E-state index in [0.717, 1.165) is 25.7 Å². The van der Waals surface area contributed by atoms with Crippen molar-refractivity contribution in [1.82, 2.24) is 5.32 Å². The molecule has 10 N–H and O–H groups in total. The van der Waals surface area contributed by atoms with Crippen molar-refractivity contribution in [3.05, 3.63) is 23.8 Å². The molecule has 46 heavy (non-hydrogen) atoms. The van der Waals surface area contributed by atoms with Crippen LogP contribution in [0.5, 0.6) is 5.75 Å². The average Bonchev–Trinajstić information content (AvgIpc) is 2.99. The Morgan fingerprint density at radius 1 is 1.11 bits per heavy atom. The highest BCUT2D eigenvalue weighted by Crippen LogP contribution is 2.31. The van der Waals surface area contributed by atoms with Gasteiger partial charge in [0.1, 0.15) is 30.7 Å². The van der Waals surface area contributed by atoms with Gasteiger partial charge in [0.25, 0.3) is 0 Å². The van der Waals surface area contributed by atoms with E-state index in [1.165, 1.54) is 25.1 Å². The van der Waals surface area contributed by atoms with E-state index < -0.39 is 54.6 Å². The van der Waals surface area contributed by atoms with Crippen LogP contribution in [0.3, 0.4) is 0 Å². The van der Waals surface area contributed by atoms with Crippen molar-refractivity contribution in [3.63, 3.8) is 0 Å². The van der Waals surface area contributed by atoms with Gasteiger partial charge in [0.05, 0.1) is 11.7 Å². The van der Waals surface area contributed by atoms with Crippen LogP contribution in [0.1, 0.15) is 71.8 Å². The van der Waals surface area contributed by atoms with E-state index in [2.05, 4.69) is 37.1 Å². The molecule has 0 spiro atoms. The molecule has 1 aliphatic heterocycles. The van der Waals surface area contributed by atoms with Gasteiger partial charge in [-0.3, -0.25) is 19.2 Å². The quantitative estimate of drug-likeness (QED) is 0.0656. The Kier molecular flexibility index (Phi) is 17.2. The number of aliphatic hydroxyl groups excluding tert-OH is 3. The van der Waals surface area contributed by atoms with E-state index in [1.54, 1.807) is 0 Å². The summed E-state index contributed by atoms with van der Waals surface area (Å²) < 4.78 is 15.8. The Labute approximate surface area is 267 Å². The van der Waals surface area contributed by atoms with Crippen LogP contribution in [-0.2, 0) is 40.1 Å². The molecule has 6 atom stereocenters. The van der Waals surface area contributed by atoms with E-state index in [1.807, 2.05) is 0 Å². The van der Waals surface area contributed by atoms with Crippen LogP contribution in [0.2, 0.25) is 0 Å². The molecule has 1 aromatic carbocycles. The SMILES string of the molecule is CCC(C)(C)CCCCC(N)C(=O)NCCC(=O)Nc1cc(COC(C)=O)ccc1OC1OC(C(=O)O)[C@@H](O)C(O)[C@H]1O.NC=O. The lowest BCUT2D eigenvalue weighted by Crippen LogP contribution is -2.61. The summed E-state index contributed by atoms with van der Waals surface area (Å²) in [6, 6.07) is 3.59. The van der Waals surface area contributed by atoms with Crippen molar-refractivity contribution < 1.29 is 58.6 Å². The van der Waals surface area contributed by atoms with Crippen molar-refractivity contribution >= 4 is 35.9 Å². The summed E-state index contributed by atoms with van der Waals surface area (Å²) in [7, 11) is 0. The lowest BCUT2D eigenvalue weighted by Gasteiger charge is -2.38. The number of rotatable bonds is 16. The molecule has 1 aromatic rings. The second kappa shape index (κ2) is 19.6. The van der Waals surface area contributed by atoms with Gasteiger partial charge in [-0.05, 0) is 36.0 Å². The van der Waals surface area contributed by atoms with Crippen LogP contribution < -0.4 is 26.8 Å². The zero-order valence-electron chi connectivity index (χ0n) is 26.6. The summed E-state index contributed by atoms with van der Waals surface area (Å²) in [5.41, 5.74) is 10.9. The van der Waals surface area contributed by atoms with Gasteiger partial charge < -0.3 is 56.7 Å². The molecule has 0 radical (unpaired) electrons. The topological polar surface area (TPSA) is 270 Å². The zero-order valence-corrected chi connectivity index (χ0v) is 26.6. The van der Waals surface area contributed by atoms with Gasteiger partial charge in [0, 0.05) is 19.9 Å². The number of carboxylic acids is 1. The number of carbonyl (C=O) groups is 5. The summed E-state index contributed by atoms with van der Waals surface area (Å²) in [5.74, 6) is -3.09. The number of carbonyl (C=O) groups excluding carboxylic acids is 4. The van der Waals surface area contributed by atoms with E-state index in [0.29, 0.717) is 12.0 Å². The standard InChI is InChI=1S/C29H45N3O11.CH3NO/c1-5-29(3,4)12-7-6-8-18(30)26(38)31-13-11-21(34)32-19-14-17(15-41-16(2)33)9-10-20(19)42-28-24(37)22(35)23(36)25(43-28)27(39)40;2-1-3/h9-10,14,18,22-25,28,35-37H,5-8,11-13,15,30H2,1-4H3,(H,31,38)(H,32,34)(H,39,40);1H,(H2,2,3)/t18?,22?,23-,24+,25?,28?;/m0./s1. The van der Waals surface area contributed by atoms with E-state index in [4.69, 9.17) is 24.7 Å². The molecule has 1 heterocycles. The molecule has 260 valence electrons. The molecule has 16 nitrogen and oxygen atoms in total. The van der Waals surface area contributed by atoms with Gasteiger partial charge in [0.15, 0.2) is 6.10 Å². The number of hydrogen-bond donors (Lipinski definition) is 8. The molecule has 16 heteroatoms. The summed E-state index contributed by atoms with van der Waals surface area (Å²) in [5, 5.41) is 44.9. The van der Waals surface area contributed by atoms with E-state index in [-0.39, 0.29) is 48.7 Å². The normalized spacial score (nSPS) is 21.5. The molecule has 1 aliphatic rings. The third-order valence-electron chi connectivity index (χ3n) is 7.38. The fourth-order valence-electron chi connectivity index (χ4n) is 4.25. The predicted molar refractivity (Wildman–Crippen MR) is 164 cm³/mol. The first-order valence-electron chi connectivity index (χ1n) is 14.9. The minimum Gasteiger partial charge on any atom is -0.479 e. The largest absolute Gasteiger partial charge is 0.479 e. The number of nitrogens with one attached hydrogen (secondary N) is 2. The highest BCUT2D eigenvalue weighted by atomic mass is 16.7. The molecule has 0 bridgehead atoms. The number of primary amides is 1. The highest BCUT2D eigenvalue weighted by Gasteiger charge is 2.48. The molecule has 0 aliphatic carbocycles. The number of ether oxygens (including phenoxy) is 3. The third kappa shape index (κ3) is 13.7. The molecule has 2 rings (SSSR count). The molecule has 0 saturated carbocycles. The monoisotopic (exact) mass is 656 g/mol. The van der Waals surface area contributed by atoms with Gasteiger partial charge in [-0.25, -0.2) is 4.79 Å².